The van der Waals surface area contributed by atoms with Gasteiger partial charge in [-0.25, -0.2) is 0 Å². The number of methoxy groups -OCH3 is 1. The number of likely N-dealkylation sites (tertiary alicyclic amines) is 1. The molecule has 1 amide bonds. The highest BCUT2D eigenvalue weighted by molar-refractivity contribution is 6.33. The zero-order valence-corrected chi connectivity index (χ0v) is 16.7. The fourth-order valence-corrected chi connectivity index (χ4v) is 3.95. The van der Waals surface area contributed by atoms with E-state index in [1.165, 1.54) is 12.8 Å². The van der Waals surface area contributed by atoms with Crippen molar-refractivity contribution in [2.45, 2.75) is 39.2 Å². The summed E-state index contributed by atoms with van der Waals surface area (Å²) in [6.45, 7) is 9.48. The lowest BCUT2D eigenvalue weighted by atomic mass is 9.93. The van der Waals surface area contributed by atoms with Crippen LogP contribution in [-0.4, -0.2) is 48.1 Å². The van der Waals surface area contributed by atoms with Crippen molar-refractivity contribution in [2.24, 2.45) is 5.92 Å². The van der Waals surface area contributed by atoms with Gasteiger partial charge in [0, 0.05) is 35.7 Å². The number of carbonyl (C=O) groups is 1. The van der Waals surface area contributed by atoms with Gasteiger partial charge in [-0.1, -0.05) is 18.5 Å². The van der Waals surface area contributed by atoms with Gasteiger partial charge in [0.2, 0.25) is 0 Å². The molecule has 6 heteroatoms. The summed E-state index contributed by atoms with van der Waals surface area (Å²) in [5.41, 5.74) is 1.36. The Labute approximate surface area is 160 Å². The predicted octanol–water partition coefficient (Wildman–Crippen LogP) is 4.07. The molecule has 0 radical (unpaired) electrons. The quantitative estimate of drug-likeness (QED) is 0.825. The van der Waals surface area contributed by atoms with Gasteiger partial charge in [-0.05, 0) is 51.3 Å². The maximum atomic E-state index is 12.8. The molecule has 1 aromatic heterocycles. The summed E-state index contributed by atoms with van der Waals surface area (Å²) in [7, 11) is 1.57. The molecule has 1 aromatic carbocycles. The summed E-state index contributed by atoms with van der Waals surface area (Å²) in [6, 6.07) is 3.59. The third kappa shape index (κ3) is 3.84. The SMILES string of the molecule is COc1cc2c(C(=O)NCC(C)(C)N3CCCC(C)C3)c[nH]c2cc1Cl. The number of amides is 1. The third-order valence-corrected chi connectivity index (χ3v) is 5.69. The number of nitrogens with zero attached hydrogens (tertiary/aromatic N) is 1. The summed E-state index contributed by atoms with van der Waals surface area (Å²) in [4.78, 5) is 18.4. The molecule has 142 valence electrons. The second kappa shape index (κ2) is 7.49. The van der Waals surface area contributed by atoms with Gasteiger partial charge >= 0.3 is 0 Å². The maximum Gasteiger partial charge on any atom is 0.253 e. The third-order valence-electron chi connectivity index (χ3n) is 5.39. The van der Waals surface area contributed by atoms with Crippen LogP contribution in [0.2, 0.25) is 5.02 Å². The average molecular weight is 378 g/mol. The number of benzene rings is 1. The molecule has 2 heterocycles. The summed E-state index contributed by atoms with van der Waals surface area (Å²) in [5.74, 6) is 1.19. The number of halogens is 1. The number of nitrogens with one attached hydrogen (secondary N) is 2. The fraction of sp³-hybridized carbons (Fsp3) is 0.550. The number of hydrogen-bond donors (Lipinski definition) is 2. The topological polar surface area (TPSA) is 57.4 Å². The van der Waals surface area contributed by atoms with Crippen molar-refractivity contribution in [1.29, 1.82) is 0 Å². The van der Waals surface area contributed by atoms with E-state index in [0.29, 0.717) is 28.8 Å². The van der Waals surface area contributed by atoms with E-state index in [1.54, 1.807) is 25.4 Å². The Morgan fingerprint density at radius 2 is 2.23 bits per heavy atom. The van der Waals surface area contributed by atoms with Gasteiger partial charge in [0.25, 0.3) is 5.91 Å². The molecule has 1 aliphatic rings. The van der Waals surface area contributed by atoms with Crippen LogP contribution in [0.15, 0.2) is 18.3 Å². The molecule has 2 N–H and O–H groups in total. The first-order valence-corrected chi connectivity index (χ1v) is 9.57. The van der Waals surface area contributed by atoms with Crippen molar-refractivity contribution in [1.82, 2.24) is 15.2 Å². The highest BCUT2D eigenvalue weighted by atomic mass is 35.5. The Hall–Kier alpha value is -1.72. The van der Waals surface area contributed by atoms with Gasteiger partial charge in [-0.15, -0.1) is 0 Å². The Morgan fingerprint density at radius 1 is 1.46 bits per heavy atom. The molecule has 0 aliphatic carbocycles. The molecule has 5 nitrogen and oxygen atoms in total. The van der Waals surface area contributed by atoms with Crippen LogP contribution in [-0.2, 0) is 0 Å². The lowest BCUT2D eigenvalue weighted by Crippen LogP contribution is -2.54. The number of aromatic nitrogens is 1. The minimum absolute atomic E-state index is 0.0720. The second-order valence-electron chi connectivity index (χ2n) is 7.92. The van der Waals surface area contributed by atoms with Gasteiger partial charge in [-0.2, -0.15) is 0 Å². The van der Waals surface area contributed by atoms with Crippen molar-refractivity contribution < 1.29 is 9.53 Å². The van der Waals surface area contributed by atoms with Crippen LogP contribution in [0, 0.1) is 5.92 Å². The fourth-order valence-electron chi connectivity index (χ4n) is 3.71. The summed E-state index contributed by atoms with van der Waals surface area (Å²) < 4.78 is 5.28. The number of H-pyrrole nitrogens is 1. The van der Waals surface area contributed by atoms with Crippen LogP contribution in [0.5, 0.6) is 5.75 Å². The van der Waals surface area contributed by atoms with E-state index in [9.17, 15) is 4.79 Å². The van der Waals surface area contributed by atoms with Crippen LogP contribution >= 0.6 is 11.6 Å². The maximum absolute atomic E-state index is 12.8. The van der Waals surface area contributed by atoms with E-state index in [0.717, 1.165) is 24.0 Å². The van der Waals surface area contributed by atoms with Crippen molar-refractivity contribution in [3.8, 4) is 5.75 Å². The number of hydrogen-bond acceptors (Lipinski definition) is 3. The zero-order chi connectivity index (χ0) is 18.9. The minimum atomic E-state index is -0.0845. The number of piperidine rings is 1. The van der Waals surface area contributed by atoms with Crippen LogP contribution in [0.3, 0.4) is 0 Å². The van der Waals surface area contributed by atoms with Gasteiger partial charge < -0.3 is 15.0 Å². The Kier molecular flexibility index (Phi) is 5.49. The van der Waals surface area contributed by atoms with E-state index in [2.05, 4.69) is 36.0 Å². The lowest BCUT2D eigenvalue weighted by molar-refractivity contribution is 0.0658. The van der Waals surface area contributed by atoms with Crippen LogP contribution < -0.4 is 10.1 Å². The average Bonchev–Trinajstić information content (AvgIpc) is 3.01. The summed E-state index contributed by atoms with van der Waals surface area (Å²) in [6.07, 6.45) is 4.24. The molecule has 0 saturated carbocycles. The molecule has 26 heavy (non-hydrogen) atoms. The van der Waals surface area contributed by atoms with Crippen molar-refractivity contribution in [3.63, 3.8) is 0 Å². The number of fused-ring (bicyclic) bond motifs is 1. The van der Waals surface area contributed by atoms with E-state index in [1.807, 2.05) is 0 Å². The molecule has 1 atom stereocenters. The normalized spacial score (nSPS) is 18.9. The summed E-state index contributed by atoms with van der Waals surface area (Å²) in [5, 5.41) is 4.44. The number of ether oxygens (including phenoxy) is 1. The van der Waals surface area contributed by atoms with Gasteiger partial charge in [0.1, 0.15) is 5.75 Å². The molecular weight excluding hydrogens is 350 g/mol. The predicted molar refractivity (Wildman–Crippen MR) is 106 cm³/mol. The Bertz CT molecular complexity index is 800. The first kappa shape index (κ1) is 19.1. The smallest absolute Gasteiger partial charge is 0.253 e. The highest BCUT2D eigenvalue weighted by Gasteiger charge is 2.30. The van der Waals surface area contributed by atoms with E-state index < -0.39 is 0 Å². The molecule has 1 aliphatic heterocycles. The van der Waals surface area contributed by atoms with Gasteiger partial charge in [0.05, 0.1) is 17.7 Å². The van der Waals surface area contributed by atoms with Crippen LogP contribution in [0.25, 0.3) is 10.9 Å². The summed E-state index contributed by atoms with van der Waals surface area (Å²) >= 11 is 6.16. The molecular formula is C20H28ClN3O2. The van der Waals surface area contributed by atoms with Gasteiger partial charge in [-0.3, -0.25) is 9.69 Å². The number of rotatable bonds is 5. The van der Waals surface area contributed by atoms with Crippen molar-refractivity contribution in [3.05, 3.63) is 28.9 Å². The standard InChI is InChI=1S/C20H28ClN3O2/c1-13-6-5-7-24(11-13)20(2,3)12-23-19(25)15-10-22-17-9-16(21)18(26-4)8-14(15)17/h8-10,13,22H,5-7,11-12H2,1-4H3,(H,23,25). The molecule has 1 unspecified atom stereocenters. The molecule has 3 rings (SSSR count). The number of carbonyl (C=O) groups excluding carboxylic acids is 1. The van der Waals surface area contributed by atoms with Crippen molar-refractivity contribution >= 4 is 28.4 Å². The highest BCUT2D eigenvalue weighted by Crippen LogP contribution is 2.31. The first-order valence-electron chi connectivity index (χ1n) is 9.19. The van der Waals surface area contributed by atoms with Gasteiger partial charge in [0.15, 0.2) is 0 Å². The number of aromatic amines is 1. The Morgan fingerprint density at radius 3 is 2.92 bits per heavy atom. The second-order valence-corrected chi connectivity index (χ2v) is 8.33. The lowest BCUT2D eigenvalue weighted by Gasteiger charge is -2.43. The molecule has 1 fully saturated rings. The van der Waals surface area contributed by atoms with Crippen LogP contribution in [0.1, 0.15) is 44.0 Å². The molecule has 2 aromatic rings. The first-order chi connectivity index (χ1) is 12.3. The van der Waals surface area contributed by atoms with Crippen molar-refractivity contribution in [2.75, 3.05) is 26.7 Å². The monoisotopic (exact) mass is 377 g/mol. The molecule has 0 spiro atoms. The van der Waals surface area contributed by atoms with Crippen LogP contribution in [0.4, 0.5) is 0 Å². The Balaban J connectivity index is 1.73. The minimum Gasteiger partial charge on any atom is -0.495 e. The molecule has 0 bridgehead atoms. The van der Waals surface area contributed by atoms with E-state index in [-0.39, 0.29) is 11.4 Å². The van der Waals surface area contributed by atoms with E-state index >= 15 is 0 Å². The zero-order valence-electron chi connectivity index (χ0n) is 16.0. The molecule has 1 saturated heterocycles. The van der Waals surface area contributed by atoms with E-state index in [4.69, 9.17) is 16.3 Å². The largest absolute Gasteiger partial charge is 0.495 e.